The number of rotatable bonds is 5. The molecular formula is C18H27FN2O3S. The Morgan fingerprint density at radius 3 is 2.36 bits per heavy atom. The molecule has 0 radical (unpaired) electrons. The first-order chi connectivity index (χ1) is 11.6. The fourth-order valence-corrected chi connectivity index (χ4v) is 4.23. The summed E-state index contributed by atoms with van der Waals surface area (Å²) in [6.07, 6.45) is 0.953. The third-order valence-corrected chi connectivity index (χ3v) is 6.87. The van der Waals surface area contributed by atoms with Crippen molar-refractivity contribution in [2.75, 3.05) is 13.1 Å². The van der Waals surface area contributed by atoms with Gasteiger partial charge in [-0.2, -0.15) is 4.31 Å². The molecule has 2 rings (SSSR count). The molecule has 1 unspecified atom stereocenters. The van der Waals surface area contributed by atoms with Gasteiger partial charge in [-0.1, -0.05) is 19.9 Å². The van der Waals surface area contributed by atoms with Crippen LogP contribution in [0.4, 0.5) is 4.39 Å². The Morgan fingerprint density at radius 1 is 1.24 bits per heavy atom. The first-order valence-electron chi connectivity index (χ1n) is 8.69. The maximum absolute atomic E-state index is 13.7. The molecule has 1 aliphatic rings. The molecule has 1 saturated heterocycles. The third kappa shape index (κ3) is 4.58. The first kappa shape index (κ1) is 19.8. The number of halogens is 1. The quantitative estimate of drug-likeness (QED) is 0.867. The summed E-state index contributed by atoms with van der Waals surface area (Å²) in [7, 11) is -3.73. The Balaban J connectivity index is 2.01. The number of carbonyl (C=O) groups is 1. The van der Waals surface area contributed by atoms with Crippen molar-refractivity contribution in [2.24, 2.45) is 11.8 Å². The zero-order valence-corrected chi connectivity index (χ0v) is 16.1. The highest BCUT2D eigenvalue weighted by Gasteiger charge is 2.32. The predicted molar refractivity (Wildman–Crippen MR) is 95.1 cm³/mol. The van der Waals surface area contributed by atoms with Crippen LogP contribution in [0.5, 0.6) is 0 Å². The topological polar surface area (TPSA) is 66.5 Å². The zero-order valence-electron chi connectivity index (χ0n) is 15.3. The molecule has 0 aromatic heterocycles. The number of sulfonamides is 1. The molecule has 1 aromatic carbocycles. The van der Waals surface area contributed by atoms with Crippen LogP contribution in [0, 0.1) is 24.6 Å². The summed E-state index contributed by atoms with van der Waals surface area (Å²) in [6, 6.07) is 4.05. The molecule has 0 bridgehead atoms. The van der Waals surface area contributed by atoms with E-state index in [1.165, 1.54) is 16.4 Å². The van der Waals surface area contributed by atoms with Crippen molar-refractivity contribution in [2.45, 2.75) is 51.5 Å². The number of aryl methyl sites for hydroxylation is 1. The van der Waals surface area contributed by atoms with Gasteiger partial charge >= 0.3 is 0 Å². The van der Waals surface area contributed by atoms with Gasteiger partial charge in [0.15, 0.2) is 0 Å². The molecule has 1 aliphatic heterocycles. The number of amides is 1. The second-order valence-corrected chi connectivity index (χ2v) is 9.07. The Labute approximate surface area is 149 Å². The lowest BCUT2D eigenvalue weighted by Crippen LogP contribution is -2.45. The Hall–Kier alpha value is -1.47. The second kappa shape index (κ2) is 7.83. The summed E-state index contributed by atoms with van der Waals surface area (Å²) >= 11 is 0. The Kier molecular flexibility index (Phi) is 6.21. The van der Waals surface area contributed by atoms with Crippen LogP contribution in [0.25, 0.3) is 0 Å². The van der Waals surface area contributed by atoms with Crippen LogP contribution in [0.1, 0.15) is 39.2 Å². The van der Waals surface area contributed by atoms with Gasteiger partial charge in [0.25, 0.3) is 0 Å². The second-order valence-electron chi connectivity index (χ2n) is 7.13. The Morgan fingerprint density at radius 2 is 1.84 bits per heavy atom. The van der Waals surface area contributed by atoms with E-state index >= 15 is 0 Å². The smallest absolute Gasteiger partial charge is 0.243 e. The van der Waals surface area contributed by atoms with Crippen molar-refractivity contribution in [3.8, 4) is 0 Å². The van der Waals surface area contributed by atoms with Gasteiger partial charge in [0, 0.05) is 25.0 Å². The van der Waals surface area contributed by atoms with Crippen molar-refractivity contribution in [3.63, 3.8) is 0 Å². The lowest BCUT2D eigenvalue weighted by Gasteiger charge is -2.31. The molecular weight excluding hydrogens is 343 g/mol. The summed E-state index contributed by atoms with van der Waals surface area (Å²) < 4.78 is 40.3. The minimum atomic E-state index is -3.73. The minimum Gasteiger partial charge on any atom is -0.353 e. The highest BCUT2D eigenvalue weighted by atomic mass is 32.2. The van der Waals surface area contributed by atoms with Crippen molar-refractivity contribution in [1.82, 2.24) is 9.62 Å². The van der Waals surface area contributed by atoms with E-state index in [9.17, 15) is 17.6 Å². The molecule has 0 spiro atoms. The SMILES string of the molecule is Cc1ccc(S(=O)(=O)N2CCC(C(=O)NC(C)C(C)C)CC2)cc1F. The maximum atomic E-state index is 13.7. The molecule has 1 fully saturated rings. The van der Waals surface area contributed by atoms with Crippen molar-refractivity contribution in [3.05, 3.63) is 29.6 Å². The number of nitrogens with zero attached hydrogens (tertiary/aromatic N) is 1. The number of carbonyl (C=O) groups excluding carboxylic acids is 1. The van der Waals surface area contributed by atoms with E-state index in [0.29, 0.717) is 24.3 Å². The molecule has 7 heteroatoms. The number of hydrogen-bond acceptors (Lipinski definition) is 3. The van der Waals surface area contributed by atoms with Gasteiger partial charge < -0.3 is 5.32 Å². The van der Waals surface area contributed by atoms with E-state index in [1.807, 2.05) is 20.8 Å². The Bertz CT molecular complexity index is 726. The zero-order chi connectivity index (χ0) is 18.8. The fraction of sp³-hybridized carbons (Fsp3) is 0.611. The third-order valence-electron chi connectivity index (χ3n) is 4.98. The molecule has 5 nitrogen and oxygen atoms in total. The van der Waals surface area contributed by atoms with Gasteiger partial charge in [-0.3, -0.25) is 4.79 Å². The van der Waals surface area contributed by atoms with Crippen LogP contribution >= 0.6 is 0 Å². The number of piperidine rings is 1. The summed E-state index contributed by atoms with van der Waals surface area (Å²) in [6.45, 7) is 8.18. The number of benzene rings is 1. The highest BCUT2D eigenvalue weighted by molar-refractivity contribution is 7.89. The van der Waals surface area contributed by atoms with Gasteiger partial charge in [0.1, 0.15) is 5.82 Å². The lowest BCUT2D eigenvalue weighted by atomic mass is 9.96. The van der Waals surface area contributed by atoms with E-state index in [2.05, 4.69) is 5.32 Å². The summed E-state index contributed by atoms with van der Waals surface area (Å²) in [5, 5.41) is 2.99. The summed E-state index contributed by atoms with van der Waals surface area (Å²) in [4.78, 5) is 12.3. The van der Waals surface area contributed by atoms with E-state index < -0.39 is 15.8 Å². The molecule has 0 aliphatic carbocycles. The van der Waals surface area contributed by atoms with Crippen LogP contribution in [-0.2, 0) is 14.8 Å². The molecule has 1 N–H and O–H groups in total. The average Bonchev–Trinajstić information content (AvgIpc) is 2.57. The molecule has 1 amide bonds. The largest absolute Gasteiger partial charge is 0.353 e. The van der Waals surface area contributed by atoms with Gasteiger partial charge in [0.05, 0.1) is 4.90 Å². The normalized spacial score (nSPS) is 18.3. The maximum Gasteiger partial charge on any atom is 0.243 e. The standard InChI is InChI=1S/C18H27FN2O3S/c1-12(2)14(4)20-18(22)15-7-9-21(10-8-15)25(23,24)16-6-5-13(3)17(19)11-16/h5-6,11-12,14-15H,7-10H2,1-4H3,(H,20,22). The average molecular weight is 370 g/mol. The van der Waals surface area contributed by atoms with Crippen LogP contribution < -0.4 is 5.32 Å². The molecule has 1 heterocycles. The molecule has 1 aromatic rings. The van der Waals surface area contributed by atoms with Crippen molar-refractivity contribution >= 4 is 15.9 Å². The van der Waals surface area contributed by atoms with E-state index in [4.69, 9.17) is 0 Å². The van der Waals surface area contributed by atoms with Crippen LogP contribution in [-0.4, -0.2) is 37.8 Å². The molecule has 140 valence electrons. The molecule has 0 saturated carbocycles. The first-order valence-corrected chi connectivity index (χ1v) is 10.1. The number of nitrogens with one attached hydrogen (secondary N) is 1. The van der Waals surface area contributed by atoms with E-state index in [1.54, 1.807) is 6.92 Å². The van der Waals surface area contributed by atoms with Gasteiger partial charge in [0.2, 0.25) is 15.9 Å². The van der Waals surface area contributed by atoms with Gasteiger partial charge in [-0.15, -0.1) is 0 Å². The fourth-order valence-electron chi connectivity index (χ4n) is 2.75. The number of hydrogen-bond donors (Lipinski definition) is 1. The van der Waals surface area contributed by atoms with Crippen LogP contribution in [0.2, 0.25) is 0 Å². The van der Waals surface area contributed by atoms with Crippen LogP contribution in [0.3, 0.4) is 0 Å². The van der Waals surface area contributed by atoms with Crippen molar-refractivity contribution < 1.29 is 17.6 Å². The predicted octanol–water partition coefficient (Wildman–Crippen LogP) is 2.70. The molecule has 1 atom stereocenters. The monoisotopic (exact) mass is 370 g/mol. The van der Waals surface area contributed by atoms with Crippen molar-refractivity contribution in [1.29, 1.82) is 0 Å². The van der Waals surface area contributed by atoms with E-state index in [0.717, 1.165) is 6.07 Å². The van der Waals surface area contributed by atoms with Gasteiger partial charge in [-0.05, 0) is 50.3 Å². The van der Waals surface area contributed by atoms with Crippen LogP contribution in [0.15, 0.2) is 23.1 Å². The highest BCUT2D eigenvalue weighted by Crippen LogP contribution is 2.25. The van der Waals surface area contributed by atoms with E-state index in [-0.39, 0.29) is 35.9 Å². The molecule has 25 heavy (non-hydrogen) atoms. The summed E-state index contributed by atoms with van der Waals surface area (Å²) in [5.41, 5.74) is 0.411. The summed E-state index contributed by atoms with van der Waals surface area (Å²) in [5.74, 6) is -0.374. The van der Waals surface area contributed by atoms with Gasteiger partial charge in [-0.25, -0.2) is 12.8 Å². The lowest BCUT2D eigenvalue weighted by molar-refractivity contribution is -0.127. The minimum absolute atomic E-state index is 0.0142.